The van der Waals surface area contributed by atoms with Crippen molar-refractivity contribution in [3.8, 4) is 0 Å². The third-order valence-electron chi connectivity index (χ3n) is 3.05. The molecule has 1 fully saturated rings. The maximum absolute atomic E-state index is 12.7. The number of alkyl halides is 3. The van der Waals surface area contributed by atoms with E-state index in [9.17, 15) is 18.3 Å². The summed E-state index contributed by atoms with van der Waals surface area (Å²) in [6.07, 6.45) is -4.08. The Balaban J connectivity index is 2.25. The Bertz CT molecular complexity index is 424. The monoisotopic (exact) mass is 245 g/mol. The first-order chi connectivity index (χ1) is 7.80. The van der Waals surface area contributed by atoms with Crippen molar-refractivity contribution in [2.45, 2.75) is 25.1 Å². The molecule has 17 heavy (non-hydrogen) atoms. The fourth-order valence-electron chi connectivity index (χ4n) is 2.00. The average Bonchev–Trinajstić information content (AvgIpc) is 2.17. The van der Waals surface area contributed by atoms with Gasteiger partial charge in [0.25, 0.3) is 0 Å². The van der Waals surface area contributed by atoms with Crippen LogP contribution < -0.4 is 5.32 Å². The highest BCUT2D eigenvalue weighted by atomic mass is 19.4. The minimum atomic E-state index is -4.33. The maximum Gasteiger partial charge on any atom is 0.416 e. The SMILES string of the molecule is Cc1ccc(CC2(O)CNC2)cc1C(F)(F)F. The first-order valence-corrected chi connectivity index (χ1v) is 5.40. The van der Waals surface area contributed by atoms with Crippen molar-refractivity contribution in [1.29, 1.82) is 0 Å². The van der Waals surface area contributed by atoms with Gasteiger partial charge in [0.1, 0.15) is 0 Å². The molecule has 0 aliphatic carbocycles. The van der Waals surface area contributed by atoms with E-state index < -0.39 is 17.3 Å². The number of aryl methyl sites for hydroxylation is 1. The number of halogens is 3. The molecule has 0 saturated carbocycles. The molecule has 1 heterocycles. The minimum Gasteiger partial charge on any atom is -0.387 e. The van der Waals surface area contributed by atoms with E-state index in [4.69, 9.17) is 0 Å². The summed E-state index contributed by atoms with van der Waals surface area (Å²) in [4.78, 5) is 0. The number of rotatable bonds is 2. The van der Waals surface area contributed by atoms with Gasteiger partial charge in [-0.25, -0.2) is 0 Å². The maximum atomic E-state index is 12.7. The predicted molar refractivity (Wildman–Crippen MR) is 57.7 cm³/mol. The van der Waals surface area contributed by atoms with Crippen LogP contribution in [-0.2, 0) is 12.6 Å². The van der Waals surface area contributed by atoms with Gasteiger partial charge >= 0.3 is 6.18 Å². The second-order valence-corrected chi connectivity index (χ2v) is 4.65. The fraction of sp³-hybridized carbons (Fsp3) is 0.500. The van der Waals surface area contributed by atoms with Gasteiger partial charge in [0.05, 0.1) is 11.2 Å². The van der Waals surface area contributed by atoms with Gasteiger partial charge in [-0.05, 0) is 24.1 Å². The van der Waals surface area contributed by atoms with Crippen LogP contribution in [0, 0.1) is 6.92 Å². The van der Waals surface area contributed by atoms with Crippen LogP contribution in [0.1, 0.15) is 16.7 Å². The normalized spacial score (nSPS) is 18.9. The molecule has 2 nitrogen and oxygen atoms in total. The fourth-order valence-corrected chi connectivity index (χ4v) is 2.00. The minimum absolute atomic E-state index is 0.208. The lowest BCUT2D eigenvalue weighted by Crippen LogP contribution is -2.60. The molecule has 0 bridgehead atoms. The van der Waals surface area contributed by atoms with Crippen LogP contribution in [0.3, 0.4) is 0 Å². The first kappa shape index (κ1) is 12.4. The van der Waals surface area contributed by atoms with Crippen LogP contribution in [0.5, 0.6) is 0 Å². The molecule has 0 spiro atoms. The van der Waals surface area contributed by atoms with Crippen molar-refractivity contribution < 1.29 is 18.3 Å². The summed E-state index contributed by atoms with van der Waals surface area (Å²) in [6.45, 7) is 2.30. The van der Waals surface area contributed by atoms with E-state index >= 15 is 0 Å². The van der Waals surface area contributed by atoms with Crippen LogP contribution in [0.2, 0.25) is 0 Å². The molecule has 2 N–H and O–H groups in total. The highest BCUT2D eigenvalue weighted by Gasteiger charge is 2.36. The molecule has 94 valence electrons. The summed E-state index contributed by atoms with van der Waals surface area (Å²) in [7, 11) is 0. The van der Waals surface area contributed by atoms with Crippen molar-refractivity contribution in [3.63, 3.8) is 0 Å². The lowest BCUT2D eigenvalue weighted by atomic mass is 9.88. The molecular weight excluding hydrogens is 231 g/mol. The van der Waals surface area contributed by atoms with Crippen molar-refractivity contribution in [2.24, 2.45) is 0 Å². The molecule has 2 rings (SSSR count). The van der Waals surface area contributed by atoms with Crippen LogP contribution >= 0.6 is 0 Å². The van der Waals surface area contributed by atoms with Crippen LogP contribution in [0.15, 0.2) is 18.2 Å². The van der Waals surface area contributed by atoms with E-state index in [1.54, 1.807) is 6.07 Å². The van der Waals surface area contributed by atoms with Crippen LogP contribution in [0.25, 0.3) is 0 Å². The first-order valence-electron chi connectivity index (χ1n) is 5.40. The smallest absolute Gasteiger partial charge is 0.387 e. The highest BCUT2D eigenvalue weighted by molar-refractivity contribution is 5.34. The molecule has 1 aromatic rings. The molecule has 0 atom stereocenters. The van der Waals surface area contributed by atoms with Gasteiger partial charge in [0.15, 0.2) is 0 Å². The van der Waals surface area contributed by atoms with Gasteiger partial charge in [0.2, 0.25) is 0 Å². The Hall–Kier alpha value is -1.07. The van der Waals surface area contributed by atoms with E-state index in [1.807, 2.05) is 0 Å². The number of nitrogens with one attached hydrogen (secondary N) is 1. The van der Waals surface area contributed by atoms with E-state index in [2.05, 4.69) is 5.32 Å². The summed E-state index contributed by atoms with van der Waals surface area (Å²) in [5, 5.41) is 12.8. The molecule has 1 aliphatic rings. The van der Waals surface area contributed by atoms with Gasteiger partial charge < -0.3 is 10.4 Å². The summed E-state index contributed by atoms with van der Waals surface area (Å²) >= 11 is 0. The topological polar surface area (TPSA) is 32.3 Å². The van der Waals surface area contributed by atoms with Gasteiger partial charge in [-0.15, -0.1) is 0 Å². The van der Waals surface area contributed by atoms with Gasteiger partial charge in [-0.1, -0.05) is 12.1 Å². The molecule has 0 unspecified atom stereocenters. The Labute approximate surface area is 97.5 Å². The largest absolute Gasteiger partial charge is 0.416 e. The third-order valence-corrected chi connectivity index (χ3v) is 3.05. The molecule has 1 saturated heterocycles. The summed E-state index contributed by atoms with van der Waals surface area (Å²) in [5.74, 6) is 0. The molecule has 0 aromatic heterocycles. The number of aliphatic hydroxyl groups is 1. The number of benzene rings is 1. The highest BCUT2D eigenvalue weighted by Crippen LogP contribution is 2.33. The van der Waals surface area contributed by atoms with E-state index in [1.165, 1.54) is 13.0 Å². The van der Waals surface area contributed by atoms with Crippen molar-refractivity contribution in [1.82, 2.24) is 5.32 Å². The summed E-state index contributed by atoms with van der Waals surface area (Å²) in [6, 6.07) is 4.22. The Morgan fingerprint density at radius 3 is 2.47 bits per heavy atom. The van der Waals surface area contributed by atoms with E-state index in [-0.39, 0.29) is 12.0 Å². The van der Waals surface area contributed by atoms with E-state index in [0.717, 1.165) is 6.07 Å². The summed E-state index contributed by atoms with van der Waals surface area (Å²) < 4.78 is 38.0. The third kappa shape index (κ3) is 2.61. The lowest BCUT2D eigenvalue weighted by molar-refractivity contribution is -0.138. The molecule has 1 aromatic carbocycles. The van der Waals surface area contributed by atoms with Crippen LogP contribution in [0.4, 0.5) is 13.2 Å². The Kier molecular flexibility index (Phi) is 2.91. The van der Waals surface area contributed by atoms with Gasteiger partial charge in [-0.2, -0.15) is 13.2 Å². The quantitative estimate of drug-likeness (QED) is 0.834. The van der Waals surface area contributed by atoms with E-state index in [0.29, 0.717) is 18.7 Å². The number of hydrogen-bond donors (Lipinski definition) is 2. The zero-order valence-electron chi connectivity index (χ0n) is 9.43. The molecule has 1 aliphatic heterocycles. The van der Waals surface area contributed by atoms with Gasteiger partial charge in [0, 0.05) is 19.5 Å². The molecule has 5 heteroatoms. The zero-order valence-corrected chi connectivity index (χ0v) is 9.43. The molecule has 0 radical (unpaired) electrons. The molecular formula is C12H14F3NO. The average molecular weight is 245 g/mol. The predicted octanol–water partition coefficient (Wildman–Crippen LogP) is 1.89. The van der Waals surface area contributed by atoms with Crippen LogP contribution in [-0.4, -0.2) is 23.8 Å². The Morgan fingerprint density at radius 2 is 2.00 bits per heavy atom. The molecule has 0 amide bonds. The number of hydrogen-bond acceptors (Lipinski definition) is 2. The second-order valence-electron chi connectivity index (χ2n) is 4.65. The lowest BCUT2D eigenvalue weighted by Gasteiger charge is -2.37. The standard InChI is InChI=1S/C12H14F3NO/c1-8-2-3-9(4-10(8)12(13,14)15)5-11(17)6-16-7-11/h2-4,16-17H,5-7H2,1H3. The second kappa shape index (κ2) is 3.99. The number of β-amino-alcohol motifs (C(OH)–C–C–N with tert-alkyl or cyclic N) is 1. The summed E-state index contributed by atoms with van der Waals surface area (Å²) in [5.41, 5.74) is -0.782. The Morgan fingerprint density at radius 1 is 1.35 bits per heavy atom. The van der Waals surface area contributed by atoms with Crippen molar-refractivity contribution >= 4 is 0 Å². The van der Waals surface area contributed by atoms with Crippen molar-refractivity contribution in [2.75, 3.05) is 13.1 Å². The van der Waals surface area contributed by atoms with Crippen molar-refractivity contribution in [3.05, 3.63) is 34.9 Å². The van der Waals surface area contributed by atoms with Gasteiger partial charge in [-0.3, -0.25) is 0 Å². The zero-order chi connectivity index (χ0) is 12.7.